The van der Waals surface area contributed by atoms with Crippen LogP contribution in [0.15, 0.2) is 91.0 Å². The van der Waals surface area contributed by atoms with E-state index in [9.17, 15) is 9.90 Å². The number of carboxylic acid groups (broad SMARTS) is 1. The number of carbonyl (C=O) groups is 1. The summed E-state index contributed by atoms with van der Waals surface area (Å²) in [5.74, 6) is -0.191. The van der Waals surface area contributed by atoms with Crippen molar-refractivity contribution in [3.63, 3.8) is 0 Å². The summed E-state index contributed by atoms with van der Waals surface area (Å²) in [6.45, 7) is 3.46. The molecule has 0 radical (unpaired) electrons. The van der Waals surface area contributed by atoms with Crippen molar-refractivity contribution >= 4 is 5.97 Å². The molecule has 0 bridgehead atoms. The van der Waals surface area contributed by atoms with Gasteiger partial charge in [0.25, 0.3) is 0 Å². The van der Waals surface area contributed by atoms with Gasteiger partial charge in [-0.25, -0.2) is 4.79 Å². The second-order valence-corrected chi connectivity index (χ2v) is 10.6. The molecule has 40 heavy (non-hydrogen) atoms. The number of aliphatic carboxylic acids is 1. The minimum absolute atomic E-state index is 0.129. The Morgan fingerprint density at radius 1 is 0.900 bits per heavy atom. The Morgan fingerprint density at radius 2 is 1.65 bits per heavy atom. The van der Waals surface area contributed by atoms with Gasteiger partial charge in [-0.3, -0.25) is 4.90 Å². The zero-order valence-corrected chi connectivity index (χ0v) is 23.5. The Balaban J connectivity index is 1.35. The Labute approximate surface area is 237 Å². The maximum Gasteiger partial charge on any atom is 0.333 e. The van der Waals surface area contributed by atoms with Crippen molar-refractivity contribution in [2.75, 3.05) is 27.3 Å². The molecule has 2 unspecified atom stereocenters. The molecule has 206 valence electrons. The van der Waals surface area contributed by atoms with Crippen LogP contribution in [0.4, 0.5) is 0 Å². The predicted octanol–water partition coefficient (Wildman–Crippen LogP) is 6.50. The van der Waals surface area contributed by atoms with E-state index in [0.717, 1.165) is 30.7 Å². The van der Waals surface area contributed by atoms with Crippen LogP contribution in [-0.2, 0) is 28.8 Å². The number of nitrogens with zero attached hydrogens (tertiary/aromatic N) is 1. The molecule has 0 heterocycles. The Kier molecular flexibility index (Phi) is 8.63. The number of hydrogen-bond donors (Lipinski definition) is 1. The van der Waals surface area contributed by atoms with Crippen LogP contribution in [0.25, 0.3) is 11.1 Å². The first-order valence-electron chi connectivity index (χ1n) is 13.9. The highest BCUT2D eigenvalue weighted by molar-refractivity contribution is 5.72. The first-order chi connectivity index (χ1) is 19.4. The fourth-order valence-electron chi connectivity index (χ4n) is 5.66. The number of likely N-dealkylation sites (N-methyl/N-ethyl adjacent to an activating group) is 1. The van der Waals surface area contributed by atoms with Crippen LogP contribution in [0.3, 0.4) is 0 Å². The van der Waals surface area contributed by atoms with Gasteiger partial charge in [0.15, 0.2) is 6.10 Å². The van der Waals surface area contributed by atoms with Crippen molar-refractivity contribution < 1.29 is 19.4 Å². The van der Waals surface area contributed by atoms with Crippen LogP contribution in [-0.4, -0.2) is 49.4 Å². The smallest absolute Gasteiger partial charge is 0.333 e. The molecule has 0 saturated heterocycles. The van der Waals surface area contributed by atoms with Crippen molar-refractivity contribution in [3.8, 4) is 16.9 Å². The maximum absolute atomic E-state index is 11.3. The van der Waals surface area contributed by atoms with Gasteiger partial charge in [-0.15, -0.1) is 0 Å². The zero-order valence-electron chi connectivity index (χ0n) is 23.5. The molecule has 4 aromatic carbocycles. The van der Waals surface area contributed by atoms with E-state index < -0.39 is 12.1 Å². The molecule has 0 fully saturated rings. The molecule has 2 atom stereocenters. The SMILES string of the molecule is COC(Cc1ccc(OCCN(C)C2c3ccc(C)cc3CCc3ccc(-c4ccccc4)cc32)cc1)C(=O)O. The molecule has 0 aliphatic heterocycles. The third-order valence-corrected chi connectivity index (χ3v) is 7.86. The standard InChI is InChI=1S/C35H37NO4/c1-24-9-18-31-29(21-24)15-13-27-12-14-28(26-7-5-4-6-8-26)23-32(27)34(31)36(2)19-20-40-30-16-10-25(11-17-30)22-33(39-3)35(37)38/h4-12,14,16-18,21,23,33-34H,13,15,19-20,22H2,1-3H3,(H,37,38). The summed E-state index contributed by atoms with van der Waals surface area (Å²) in [4.78, 5) is 13.7. The zero-order chi connectivity index (χ0) is 28.1. The van der Waals surface area contributed by atoms with E-state index in [1.807, 2.05) is 24.3 Å². The van der Waals surface area contributed by atoms with Gasteiger partial charge in [0.2, 0.25) is 0 Å². The number of fused-ring (bicyclic) bond motifs is 2. The number of rotatable bonds is 10. The minimum Gasteiger partial charge on any atom is -0.492 e. The van der Waals surface area contributed by atoms with Gasteiger partial charge in [0.05, 0.1) is 6.04 Å². The lowest BCUT2D eigenvalue weighted by Crippen LogP contribution is -2.30. The number of carboxylic acids is 1. The third-order valence-electron chi connectivity index (χ3n) is 7.86. The van der Waals surface area contributed by atoms with E-state index >= 15 is 0 Å². The maximum atomic E-state index is 11.3. The first kappa shape index (κ1) is 27.6. The monoisotopic (exact) mass is 535 g/mol. The number of benzene rings is 4. The fraction of sp³-hybridized carbons (Fsp3) is 0.286. The molecular formula is C35H37NO4. The van der Waals surface area contributed by atoms with Gasteiger partial charge in [-0.05, 0) is 84.0 Å². The van der Waals surface area contributed by atoms with Crippen molar-refractivity contribution in [1.82, 2.24) is 4.90 Å². The van der Waals surface area contributed by atoms with E-state index in [0.29, 0.717) is 13.0 Å². The lowest BCUT2D eigenvalue weighted by atomic mass is 9.90. The Bertz CT molecular complexity index is 1450. The van der Waals surface area contributed by atoms with Crippen LogP contribution in [0, 0.1) is 6.92 Å². The van der Waals surface area contributed by atoms with Crippen LogP contribution in [0.1, 0.15) is 39.4 Å². The van der Waals surface area contributed by atoms with Gasteiger partial charge in [-0.2, -0.15) is 0 Å². The molecule has 1 aliphatic carbocycles. The van der Waals surface area contributed by atoms with Gasteiger partial charge < -0.3 is 14.6 Å². The van der Waals surface area contributed by atoms with E-state index in [1.165, 1.54) is 46.1 Å². The molecule has 1 aliphatic rings. The molecule has 0 spiro atoms. The van der Waals surface area contributed by atoms with Crippen LogP contribution in [0.5, 0.6) is 5.75 Å². The summed E-state index contributed by atoms with van der Waals surface area (Å²) >= 11 is 0. The number of methoxy groups -OCH3 is 1. The number of ether oxygens (including phenoxy) is 2. The van der Waals surface area contributed by atoms with E-state index in [-0.39, 0.29) is 6.04 Å². The molecule has 0 saturated carbocycles. The van der Waals surface area contributed by atoms with E-state index in [2.05, 4.69) is 85.6 Å². The number of hydrogen-bond acceptors (Lipinski definition) is 4. The van der Waals surface area contributed by atoms with E-state index in [1.54, 1.807) is 0 Å². The minimum atomic E-state index is -0.960. The van der Waals surface area contributed by atoms with Gasteiger partial charge in [0.1, 0.15) is 12.4 Å². The molecule has 5 nitrogen and oxygen atoms in total. The van der Waals surface area contributed by atoms with Crippen molar-refractivity contribution in [3.05, 3.63) is 124 Å². The Morgan fingerprint density at radius 3 is 2.38 bits per heavy atom. The summed E-state index contributed by atoms with van der Waals surface area (Å²) in [7, 11) is 3.60. The van der Waals surface area contributed by atoms with Crippen LogP contribution >= 0.6 is 0 Å². The summed E-state index contributed by atoms with van der Waals surface area (Å²) in [5, 5.41) is 9.24. The average Bonchev–Trinajstić information content (AvgIpc) is 3.13. The summed E-state index contributed by atoms with van der Waals surface area (Å²) < 4.78 is 11.2. The molecule has 5 rings (SSSR count). The third kappa shape index (κ3) is 6.27. The highest BCUT2D eigenvalue weighted by atomic mass is 16.5. The predicted molar refractivity (Wildman–Crippen MR) is 159 cm³/mol. The largest absolute Gasteiger partial charge is 0.492 e. The summed E-state index contributed by atoms with van der Waals surface area (Å²) in [6, 6.07) is 32.1. The van der Waals surface area contributed by atoms with Crippen molar-refractivity contribution in [2.45, 2.75) is 38.3 Å². The van der Waals surface area contributed by atoms with Gasteiger partial charge in [0, 0.05) is 20.1 Å². The van der Waals surface area contributed by atoms with Crippen LogP contribution < -0.4 is 4.74 Å². The average molecular weight is 536 g/mol. The highest BCUT2D eigenvalue weighted by Gasteiger charge is 2.27. The van der Waals surface area contributed by atoms with E-state index in [4.69, 9.17) is 9.47 Å². The molecule has 4 aromatic rings. The first-order valence-corrected chi connectivity index (χ1v) is 13.9. The van der Waals surface area contributed by atoms with Gasteiger partial charge in [-0.1, -0.05) is 78.4 Å². The lowest BCUT2D eigenvalue weighted by molar-refractivity contribution is -0.148. The second kappa shape index (κ2) is 12.5. The van der Waals surface area contributed by atoms with Gasteiger partial charge >= 0.3 is 5.97 Å². The second-order valence-electron chi connectivity index (χ2n) is 10.6. The quantitative estimate of drug-likeness (QED) is 0.251. The summed E-state index contributed by atoms with van der Waals surface area (Å²) in [5.41, 5.74) is 10.2. The normalized spacial score (nSPS) is 15.2. The molecular weight excluding hydrogens is 498 g/mol. The highest BCUT2D eigenvalue weighted by Crippen LogP contribution is 2.38. The Hall–Kier alpha value is -3.93. The number of aryl methyl sites for hydroxylation is 3. The van der Waals surface area contributed by atoms with Crippen molar-refractivity contribution in [1.29, 1.82) is 0 Å². The molecule has 5 heteroatoms. The molecule has 1 N–H and O–H groups in total. The van der Waals surface area contributed by atoms with Crippen LogP contribution in [0.2, 0.25) is 0 Å². The molecule has 0 amide bonds. The van der Waals surface area contributed by atoms with Crippen molar-refractivity contribution in [2.24, 2.45) is 0 Å². The lowest BCUT2D eigenvalue weighted by Gasteiger charge is -2.31. The molecule has 0 aromatic heterocycles. The topological polar surface area (TPSA) is 59.0 Å². The fourth-order valence-corrected chi connectivity index (χ4v) is 5.66. The summed E-state index contributed by atoms with van der Waals surface area (Å²) in [6.07, 6.45) is 1.53.